The van der Waals surface area contributed by atoms with Crippen molar-refractivity contribution < 1.29 is 9.53 Å². The van der Waals surface area contributed by atoms with Gasteiger partial charge >= 0.3 is 0 Å². The van der Waals surface area contributed by atoms with Crippen LogP contribution in [-0.4, -0.2) is 22.6 Å². The fourth-order valence-electron chi connectivity index (χ4n) is 2.26. The van der Waals surface area contributed by atoms with E-state index in [1.165, 1.54) is 11.3 Å². The standard InChI is InChI=1S/C16H17N3O2S/c1-19-9-3-4-11(19)5-8-15(20)18-16-17-13-7-6-12(21-2)10-14(13)22-16/h3-4,6-7,9-10H,5,8H2,1-2H3,(H,17,18,20). The van der Waals surface area contributed by atoms with Crippen molar-refractivity contribution in [3.05, 3.63) is 42.2 Å². The van der Waals surface area contributed by atoms with Crippen molar-refractivity contribution in [3.63, 3.8) is 0 Å². The zero-order valence-electron chi connectivity index (χ0n) is 12.5. The van der Waals surface area contributed by atoms with Crippen LogP contribution in [0.25, 0.3) is 10.2 Å². The Bertz CT molecular complexity index is 807. The van der Waals surface area contributed by atoms with E-state index in [4.69, 9.17) is 4.74 Å². The molecule has 0 unspecified atom stereocenters. The first kappa shape index (κ1) is 14.6. The second-order valence-electron chi connectivity index (χ2n) is 5.01. The van der Waals surface area contributed by atoms with E-state index in [2.05, 4.69) is 10.3 Å². The number of methoxy groups -OCH3 is 1. The van der Waals surface area contributed by atoms with Crippen LogP contribution in [0.3, 0.4) is 0 Å². The molecule has 0 atom stereocenters. The number of fused-ring (bicyclic) bond motifs is 1. The lowest BCUT2D eigenvalue weighted by molar-refractivity contribution is -0.116. The lowest BCUT2D eigenvalue weighted by atomic mass is 10.2. The maximum atomic E-state index is 12.0. The van der Waals surface area contributed by atoms with Crippen LogP contribution in [0, 0.1) is 0 Å². The van der Waals surface area contributed by atoms with Crippen LogP contribution in [-0.2, 0) is 18.3 Å². The highest BCUT2D eigenvalue weighted by Crippen LogP contribution is 2.29. The van der Waals surface area contributed by atoms with Gasteiger partial charge in [0.2, 0.25) is 5.91 Å². The highest BCUT2D eigenvalue weighted by atomic mass is 32.1. The van der Waals surface area contributed by atoms with Gasteiger partial charge in [-0.05, 0) is 36.8 Å². The molecule has 0 aliphatic rings. The SMILES string of the molecule is COc1ccc2nc(NC(=O)CCc3cccn3C)sc2c1. The summed E-state index contributed by atoms with van der Waals surface area (Å²) in [5.41, 5.74) is 2.01. The summed E-state index contributed by atoms with van der Waals surface area (Å²) in [7, 11) is 3.61. The Kier molecular flexibility index (Phi) is 4.11. The van der Waals surface area contributed by atoms with Crippen molar-refractivity contribution in [2.45, 2.75) is 12.8 Å². The summed E-state index contributed by atoms with van der Waals surface area (Å²) in [4.78, 5) is 16.5. The molecule has 0 aliphatic heterocycles. The minimum Gasteiger partial charge on any atom is -0.497 e. The summed E-state index contributed by atoms with van der Waals surface area (Å²) in [6.07, 6.45) is 3.14. The van der Waals surface area contributed by atoms with E-state index < -0.39 is 0 Å². The summed E-state index contributed by atoms with van der Waals surface area (Å²) >= 11 is 1.45. The number of carbonyl (C=O) groups excluding carboxylic acids is 1. The topological polar surface area (TPSA) is 56.1 Å². The number of anilines is 1. The zero-order valence-corrected chi connectivity index (χ0v) is 13.3. The van der Waals surface area contributed by atoms with Gasteiger partial charge < -0.3 is 14.6 Å². The number of ether oxygens (including phenoxy) is 1. The van der Waals surface area contributed by atoms with Gasteiger partial charge in [-0.2, -0.15) is 0 Å². The molecule has 0 bridgehead atoms. The molecule has 2 aromatic heterocycles. The quantitative estimate of drug-likeness (QED) is 0.786. The van der Waals surface area contributed by atoms with Gasteiger partial charge in [-0.15, -0.1) is 0 Å². The predicted octanol–water partition coefficient (Wildman–Crippen LogP) is 3.21. The maximum Gasteiger partial charge on any atom is 0.226 e. The fourth-order valence-corrected chi connectivity index (χ4v) is 3.18. The largest absolute Gasteiger partial charge is 0.497 e. The van der Waals surface area contributed by atoms with Gasteiger partial charge in [0.15, 0.2) is 5.13 Å². The third-order valence-electron chi connectivity index (χ3n) is 3.50. The van der Waals surface area contributed by atoms with Crippen molar-refractivity contribution >= 4 is 32.6 Å². The average molecular weight is 315 g/mol. The van der Waals surface area contributed by atoms with Gasteiger partial charge in [0.25, 0.3) is 0 Å². The molecule has 1 aromatic carbocycles. The van der Waals surface area contributed by atoms with Crippen molar-refractivity contribution in [1.82, 2.24) is 9.55 Å². The number of amides is 1. The predicted molar refractivity (Wildman–Crippen MR) is 88.5 cm³/mol. The van der Waals surface area contributed by atoms with Gasteiger partial charge in [0, 0.05) is 25.4 Å². The summed E-state index contributed by atoms with van der Waals surface area (Å²) < 4.78 is 8.22. The minimum atomic E-state index is -0.0211. The molecule has 0 saturated heterocycles. The Labute approximate surface area is 132 Å². The summed E-state index contributed by atoms with van der Waals surface area (Å²) in [6, 6.07) is 9.69. The van der Waals surface area contributed by atoms with Crippen molar-refractivity contribution in [2.24, 2.45) is 7.05 Å². The van der Waals surface area contributed by atoms with Crippen LogP contribution >= 0.6 is 11.3 Å². The van der Waals surface area contributed by atoms with E-state index in [1.54, 1.807) is 7.11 Å². The number of rotatable bonds is 5. The van der Waals surface area contributed by atoms with E-state index in [0.29, 0.717) is 18.0 Å². The molecule has 114 valence electrons. The molecule has 3 aromatic rings. The Balaban J connectivity index is 1.65. The van der Waals surface area contributed by atoms with E-state index in [1.807, 2.05) is 48.1 Å². The van der Waals surface area contributed by atoms with Crippen molar-refractivity contribution in [1.29, 1.82) is 0 Å². The third kappa shape index (κ3) is 3.12. The molecule has 3 rings (SSSR count). The normalized spacial score (nSPS) is 10.8. The molecule has 6 heteroatoms. The molecule has 0 saturated carbocycles. The number of thiazole rings is 1. The van der Waals surface area contributed by atoms with Gasteiger partial charge in [0.1, 0.15) is 5.75 Å². The highest BCUT2D eigenvalue weighted by molar-refractivity contribution is 7.22. The molecule has 0 aliphatic carbocycles. The molecular weight excluding hydrogens is 298 g/mol. The average Bonchev–Trinajstić information content (AvgIpc) is 3.09. The Morgan fingerprint density at radius 1 is 1.41 bits per heavy atom. The van der Waals surface area contributed by atoms with Crippen molar-refractivity contribution in [3.8, 4) is 5.75 Å². The van der Waals surface area contributed by atoms with Gasteiger partial charge in [-0.3, -0.25) is 4.79 Å². The van der Waals surface area contributed by atoms with Crippen LogP contribution in [0.5, 0.6) is 5.75 Å². The number of benzene rings is 1. The van der Waals surface area contributed by atoms with Crippen molar-refractivity contribution in [2.75, 3.05) is 12.4 Å². The Morgan fingerprint density at radius 3 is 3.00 bits per heavy atom. The summed E-state index contributed by atoms with van der Waals surface area (Å²) in [5, 5.41) is 3.49. The van der Waals surface area contributed by atoms with Gasteiger partial charge in [-0.25, -0.2) is 4.98 Å². The lowest BCUT2D eigenvalue weighted by Crippen LogP contribution is -2.12. The minimum absolute atomic E-state index is 0.0211. The number of aryl methyl sites for hydroxylation is 2. The molecule has 0 fully saturated rings. The van der Waals surface area contributed by atoms with Crippen LogP contribution in [0.15, 0.2) is 36.5 Å². The monoisotopic (exact) mass is 315 g/mol. The number of nitrogens with one attached hydrogen (secondary N) is 1. The lowest BCUT2D eigenvalue weighted by Gasteiger charge is -2.03. The first-order valence-corrected chi connectivity index (χ1v) is 7.82. The van der Waals surface area contributed by atoms with E-state index in [0.717, 1.165) is 21.7 Å². The Hall–Kier alpha value is -2.34. The fraction of sp³-hybridized carbons (Fsp3) is 0.250. The summed E-state index contributed by atoms with van der Waals surface area (Å²) in [5.74, 6) is 0.768. The van der Waals surface area contributed by atoms with E-state index in [-0.39, 0.29) is 5.91 Å². The molecule has 1 N–H and O–H groups in total. The molecule has 0 spiro atoms. The zero-order chi connectivity index (χ0) is 15.5. The number of hydrogen-bond donors (Lipinski definition) is 1. The molecular formula is C16H17N3O2S. The smallest absolute Gasteiger partial charge is 0.226 e. The molecule has 1 amide bonds. The van der Waals surface area contributed by atoms with E-state index >= 15 is 0 Å². The van der Waals surface area contributed by atoms with Gasteiger partial charge in [0.05, 0.1) is 17.3 Å². The first-order chi connectivity index (χ1) is 10.7. The first-order valence-electron chi connectivity index (χ1n) is 7.00. The van der Waals surface area contributed by atoms with Crippen LogP contribution < -0.4 is 10.1 Å². The van der Waals surface area contributed by atoms with Crippen LogP contribution in [0.1, 0.15) is 12.1 Å². The molecule has 5 nitrogen and oxygen atoms in total. The Morgan fingerprint density at radius 2 is 2.27 bits per heavy atom. The third-order valence-corrected chi connectivity index (χ3v) is 4.44. The number of aromatic nitrogens is 2. The molecule has 2 heterocycles. The van der Waals surface area contributed by atoms with Crippen LogP contribution in [0.2, 0.25) is 0 Å². The second-order valence-corrected chi connectivity index (χ2v) is 6.04. The second kappa shape index (κ2) is 6.19. The van der Waals surface area contributed by atoms with E-state index in [9.17, 15) is 4.79 Å². The number of carbonyl (C=O) groups is 1. The summed E-state index contributed by atoms with van der Waals surface area (Å²) in [6.45, 7) is 0. The maximum absolute atomic E-state index is 12.0. The molecule has 0 radical (unpaired) electrons. The van der Waals surface area contributed by atoms with Crippen LogP contribution in [0.4, 0.5) is 5.13 Å². The number of hydrogen-bond acceptors (Lipinski definition) is 4. The molecule has 22 heavy (non-hydrogen) atoms. The highest BCUT2D eigenvalue weighted by Gasteiger charge is 2.09. The number of nitrogens with zero attached hydrogens (tertiary/aromatic N) is 2. The van der Waals surface area contributed by atoms with Gasteiger partial charge in [-0.1, -0.05) is 11.3 Å².